The lowest BCUT2D eigenvalue weighted by atomic mass is 10.0. The van der Waals surface area contributed by atoms with Crippen LogP contribution in [0.25, 0.3) is 6.08 Å². The average molecular weight is 395 g/mol. The van der Waals surface area contributed by atoms with Crippen molar-refractivity contribution in [2.75, 3.05) is 13.7 Å². The van der Waals surface area contributed by atoms with Gasteiger partial charge in [0.05, 0.1) is 13.2 Å². The minimum absolute atomic E-state index is 0.125. The molecule has 1 aliphatic rings. The molecule has 2 aromatic carbocycles. The van der Waals surface area contributed by atoms with Crippen LogP contribution in [0.15, 0.2) is 54.6 Å². The molecule has 1 aliphatic heterocycles. The van der Waals surface area contributed by atoms with Crippen molar-refractivity contribution in [3.8, 4) is 11.5 Å². The number of nitrogens with zero attached hydrogens (tertiary/aromatic N) is 1. The van der Waals surface area contributed by atoms with Crippen LogP contribution in [-0.2, 0) is 16.1 Å². The first-order valence-electron chi connectivity index (χ1n) is 9.52. The van der Waals surface area contributed by atoms with Crippen molar-refractivity contribution in [3.63, 3.8) is 0 Å². The minimum Gasteiger partial charge on any atom is -0.493 e. The molecule has 0 aromatic heterocycles. The summed E-state index contributed by atoms with van der Waals surface area (Å²) < 4.78 is 16.3. The maximum absolute atomic E-state index is 12.5. The molecule has 6 heteroatoms. The minimum atomic E-state index is -0.597. The van der Waals surface area contributed by atoms with Crippen LogP contribution in [0.1, 0.15) is 25.0 Å². The smallest absolute Gasteiger partial charge is 0.417 e. The van der Waals surface area contributed by atoms with Crippen molar-refractivity contribution in [1.29, 1.82) is 0 Å². The molecule has 2 aromatic rings. The van der Waals surface area contributed by atoms with Crippen LogP contribution in [-0.4, -0.2) is 36.7 Å². The third-order valence-electron chi connectivity index (χ3n) is 4.76. The summed E-state index contributed by atoms with van der Waals surface area (Å²) in [4.78, 5) is 25.6. The lowest BCUT2D eigenvalue weighted by Gasteiger charge is -2.21. The van der Waals surface area contributed by atoms with Crippen molar-refractivity contribution in [3.05, 3.63) is 65.7 Å². The van der Waals surface area contributed by atoms with Crippen LogP contribution in [0.3, 0.4) is 0 Å². The first-order chi connectivity index (χ1) is 14.0. The Kier molecular flexibility index (Phi) is 6.54. The van der Waals surface area contributed by atoms with E-state index in [1.165, 1.54) is 11.0 Å². The molecule has 1 saturated heterocycles. The van der Waals surface area contributed by atoms with E-state index in [1.807, 2.05) is 50.2 Å². The zero-order valence-electron chi connectivity index (χ0n) is 16.8. The van der Waals surface area contributed by atoms with E-state index in [9.17, 15) is 9.59 Å². The molecule has 0 radical (unpaired) electrons. The van der Waals surface area contributed by atoms with Gasteiger partial charge < -0.3 is 14.2 Å². The van der Waals surface area contributed by atoms with Gasteiger partial charge in [0.2, 0.25) is 0 Å². The van der Waals surface area contributed by atoms with Gasteiger partial charge in [-0.3, -0.25) is 4.79 Å². The average Bonchev–Trinajstić information content (AvgIpc) is 3.13. The molecule has 6 nitrogen and oxygen atoms in total. The van der Waals surface area contributed by atoms with E-state index in [0.29, 0.717) is 18.1 Å². The normalized spacial score (nSPS) is 16.3. The molecule has 0 aliphatic carbocycles. The molecule has 1 fully saturated rings. The number of rotatable bonds is 7. The highest BCUT2D eigenvalue weighted by atomic mass is 16.6. The van der Waals surface area contributed by atoms with Crippen LogP contribution in [0, 0.1) is 5.92 Å². The van der Waals surface area contributed by atoms with Gasteiger partial charge in [-0.1, -0.05) is 50.2 Å². The fourth-order valence-corrected chi connectivity index (χ4v) is 3.07. The molecule has 0 unspecified atom stereocenters. The number of imide groups is 1. The highest BCUT2D eigenvalue weighted by Crippen LogP contribution is 2.29. The number of carbonyl (C=O) groups is 2. The summed E-state index contributed by atoms with van der Waals surface area (Å²) >= 11 is 0. The van der Waals surface area contributed by atoms with Crippen LogP contribution >= 0.6 is 0 Å². The van der Waals surface area contributed by atoms with E-state index in [2.05, 4.69) is 0 Å². The molecule has 3 rings (SSSR count). The fourth-order valence-electron chi connectivity index (χ4n) is 3.07. The van der Waals surface area contributed by atoms with Gasteiger partial charge in [-0.25, -0.2) is 9.69 Å². The summed E-state index contributed by atoms with van der Waals surface area (Å²) in [5, 5.41) is 0. The van der Waals surface area contributed by atoms with Gasteiger partial charge in [0.25, 0.3) is 5.91 Å². The van der Waals surface area contributed by atoms with Gasteiger partial charge in [0.15, 0.2) is 11.5 Å². The Hall–Kier alpha value is -3.28. The maximum atomic E-state index is 12.5. The first kappa shape index (κ1) is 20.5. The van der Waals surface area contributed by atoms with Gasteiger partial charge in [0.1, 0.15) is 13.2 Å². The molecule has 2 amide bonds. The van der Waals surface area contributed by atoms with E-state index in [-0.39, 0.29) is 18.6 Å². The predicted molar refractivity (Wildman–Crippen MR) is 110 cm³/mol. The third kappa shape index (κ3) is 4.96. The zero-order valence-corrected chi connectivity index (χ0v) is 16.8. The summed E-state index contributed by atoms with van der Waals surface area (Å²) in [6, 6.07) is 15.0. The van der Waals surface area contributed by atoms with Crippen molar-refractivity contribution in [2.24, 2.45) is 5.92 Å². The Labute approximate surface area is 170 Å². The molecule has 152 valence electrons. The highest BCUT2D eigenvalue weighted by Gasteiger charge is 2.38. The quantitative estimate of drug-likeness (QED) is 0.655. The topological polar surface area (TPSA) is 65.1 Å². The van der Waals surface area contributed by atoms with E-state index in [1.54, 1.807) is 25.3 Å². The second-order valence-electron chi connectivity index (χ2n) is 7.11. The predicted octanol–water partition coefficient (Wildman–Crippen LogP) is 4.29. The Morgan fingerprint density at radius 3 is 2.66 bits per heavy atom. The Balaban J connectivity index is 1.69. The number of amides is 2. The highest BCUT2D eigenvalue weighted by molar-refractivity contribution is 6.02. The second-order valence-corrected chi connectivity index (χ2v) is 7.11. The van der Waals surface area contributed by atoms with Crippen LogP contribution in [0.5, 0.6) is 11.5 Å². The third-order valence-corrected chi connectivity index (χ3v) is 4.76. The van der Waals surface area contributed by atoms with E-state index in [0.717, 1.165) is 11.1 Å². The van der Waals surface area contributed by atoms with Gasteiger partial charge in [0, 0.05) is 6.08 Å². The Morgan fingerprint density at radius 2 is 1.97 bits per heavy atom. The molecular weight excluding hydrogens is 370 g/mol. The summed E-state index contributed by atoms with van der Waals surface area (Å²) in [7, 11) is 1.57. The zero-order chi connectivity index (χ0) is 20.8. The van der Waals surface area contributed by atoms with Crippen LogP contribution in [0.2, 0.25) is 0 Å². The number of benzene rings is 2. The maximum Gasteiger partial charge on any atom is 0.417 e. The van der Waals surface area contributed by atoms with Crippen molar-refractivity contribution in [2.45, 2.75) is 26.5 Å². The number of hydrogen-bond acceptors (Lipinski definition) is 5. The van der Waals surface area contributed by atoms with Crippen LogP contribution in [0.4, 0.5) is 4.79 Å². The number of methoxy groups -OCH3 is 1. The molecular formula is C23H25NO5. The Bertz CT molecular complexity index is 891. The fraction of sp³-hybridized carbons (Fsp3) is 0.304. The number of cyclic esters (lactones) is 1. The number of ether oxygens (including phenoxy) is 3. The van der Waals surface area contributed by atoms with Crippen molar-refractivity contribution >= 4 is 18.1 Å². The van der Waals surface area contributed by atoms with E-state index in [4.69, 9.17) is 14.2 Å². The monoisotopic (exact) mass is 395 g/mol. The first-order valence-corrected chi connectivity index (χ1v) is 9.52. The number of carbonyl (C=O) groups excluding carboxylic acids is 2. The molecule has 0 spiro atoms. The molecule has 1 heterocycles. The summed E-state index contributed by atoms with van der Waals surface area (Å²) in [5.74, 6) is 0.911. The summed E-state index contributed by atoms with van der Waals surface area (Å²) in [6.07, 6.45) is 2.43. The van der Waals surface area contributed by atoms with Gasteiger partial charge in [-0.2, -0.15) is 0 Å². The van der Waals surface area contributed by atoms with Gasteiger partial charge in [-0.05, 0) is 35.3 Å². The standard InChI is InChI=1S/C23H25NO5/c1-16(2)19-15-29-23(26)24(19)22(25)12-10-17-9-11-20(21(13-17)27-3)28-14-18-7-5-4-6-8-18/h4-13,16,19H,14-15H2,1-3H3/b12-10+/t19-/m1/s1. The molecule has 1 atom stereocenters. The lowest BCUT2D eigenvalue weighted by Crippen LogP contribution is -2.40. The van der Waals surface area contributed by atoms with E-state index < -0.39 is 12.0 Å². The molecule has 0 bridgehead atoms. The van der Waals surface area contributed by atoms with Gasteiger partial charge >= 0.3 is 6.09 Å². The summed E-state index contributed by atoms with van der Waals surface area (Å²) in [5.41, 5.74) is 1.82. The second kappa shape index (κ2) is 9.28. The van der Waals surface area contributed by atoms with Crippen molar-refractivity contribution in [1.82, 2.24) is 4.90 Å². The molecule has 0 saturated carbocycles. The molecule has 0 N–H and O–H groups in total. The largest absolute Gasteiger partial charge is 0.493 e. The summed E-state index contributed by atoms with van der Waals surface area (Å²) in [6.45, 7) is 4.57. The molecule has 29 heavy (non-hydrogen) atoms. The Morgan fingerprint density at radius 1 is 1.21 bits per heavy atom. The van der Waals surface area contributed by atoms with Gasteiger partial charge in [-0.15, -0.1) is 0 Å². The van der Waals surface area contributed by atoms with E-state index >= 15 is 0 Å². The van der Waals surface area contributed by atoms with Crippen molar-refractivity contribution < 1.29 is 23.8 Å². The SMILES string of the molecule is COc1cc(/C=C/C(=O)N2C(=O)OC[C@@H]2C(C)C)ccc1OCc1ccccc1. The number of hydrogen-bond donors (Lipinski definition) is 0. The van der Waals surface area contributed by atoms with Crippen LogP contribution < -0.4 is 9.47 Å². The lowest BCUT2D eigenvalue weighted by molar-refractivity contribution is -0.124.